The van der Waals surface area contributed by atoms with Gasteiger partial charge in [0.1, 0.15) is 6.17 Å². The Labute approximate surface area is 136 Å². The Bertz CT molecular complexity index is 335. The Hall–Kier alpha value is -1.39. The average Bonchev–Trinajstić information content (AvgIpc) is 2.83. The molecule has 0 aromatic carbocycles. The van der Waals surface area contributed by atoms with Crippen molar-refractivity contribution in [3.63, 3.8) is 0 Å². The monoisotopic (exact) mass is 309 g/mol. The van der Waals surface area contributed by atoms with Gasteiger partial charge in [0.25, 0.3) is 0 Å². The maximum atomic E-state index is 7.65. The van der Waals surface area contributed by atoms with Crippen LogP contribution in [0.4, 0.5) is 0 Å². The van der Waals surface area contributed by atoms with Crippen LogP contribution in [0.2, 0.25) is 0 Å². The summed E-state index contributed by atoms with van der Waals surface area (Å²) in [6, 6.07) is 0.182. The van der Waals surface area contributed by atoms with Crippen LogP contribution in [-0.2, 0) is 0 Å². The van der Waals surface area contributed by atoms with E-state index in [2.05, 4.69) is 55.2 Å². The van der Waals surface area contributed by atoms with E-state index in [0.29, 0.717) is 5.92 Å². The van der Waals surface area contributed by atoms with E-state index < -0.39 is 0 Å². The van der Waals surface area contributed by atoms with Crippen LogP contribution in [0.1, 0.15) is 59.8 Å². The minimum absolute atomic E-state index is 0.0726. The summed E-state index contributed by atoms with van der Waals surface area (Å²) < 4.78 is 0. The first-order valence-corrected chi connectivity index (χ1v) is 8.79. The van der Waals surface area contributed by atoms with Gasteiger partial charge in [-0.15, -0.1) is 0 Å². The minimum atomic E-state index is 0.0726. The first-order chi connectivity index (χ1) is 10.5. The highest BCUT2D eigenvalue weighted by Gasteiger charge is 2.33. The quantitative estimate of drug-likeness (QED) is 0.429. The molecule has 5 heteroatoms. The van der Waals surface area contributed by atoms with Crippen LogP contribution >= 0.6 is 0 Å². The molecule has 1 atom stereocenters. The molecule has 0 aromatic rings. The van der Waals surface area contributed by atoms with Gasteiger partial charge in [0.15, 0.2) is 5.96 Å². The maximum absolute atomic E-state index is 7.65. The van der Waals surface area contributed by atoms with Crippen LogP contribution in [-0.4, -0.2) is 41.1 Å². The largest absolute Gasteiger partial charge is 0.370 e. The SMILES string of the molecule is CCCCN1C=CN(CCCC)C1C(CC(C)C)NC(=N)N. The van der Waals surface area contributed by atoms with Gasteiger partial charge >= 0.3 is 0 Å². The maximum Gasteiger partial charge on any atom is 0.186 e. The first kappa shape index (κ1) is 18.7. The van der Waals surface area contributed by atoms with Gasteiger partial charge in [-0.3, -0.25) is 5.41 Å². The highest BCUT2D eigenvalue weighted by molar-refractivity contribution is 5.74. The molecule has 0 fully saturated rings. The van der Waals surface area contributed by atoms with Gasteiger partial charge in [-0.05, 0) is 25.2 Å². The molecule has 0 saturated carbocycles. The highest BCUT2D eigenvalue weighted by atomic mass is 15.4. The third-order valence-corrected chi connectivity index (χ3v) is 4.10. The summed E-state index contributed by atoms with van der Waals surface area (Å²) in [7, 11) is 0. The first-order valence-electron chi connectivity index (χ1n) is 8.79. The Kier molecular flexibility index (Phi) is 8.13. The van der Waals surface area contributed by atoms with Crippen molar-refractivity contribution >= 4 is 5.96 Å². The molecular weight excluding hydrogens is 274 g/mol. The van der Waals surface area contributed by atoms with Crippen molar-refractivity contribution in [3.05, 3.63) is 12.4 Å². The second kappa shape index (κ2) is 9.59. The Balaban J connectivity index is 2.86. The average molecular weight is 310 g/mol. The molecular formula is C17H35N5. The second-order valence-electron chi connectivity index (χ2n) is 6.69. The standard InChI is InChI=1S/C17H35N5/c1-5-7-9-21-11-12-22(10-8-6-2)16(21)15(13-14(3)4)20-17(18)19/h11-12,14-16H,5-10,13H2,1-4H3,(H4,18,19,20). The molecule has 1 heterocycles. The van der Waals surface area contributed by atoms with Crippen LogP contribution in [0.3, 0.4) is 0 Å². The normalized spacial score (nSPS) is 16.6. The predicted molar refractivity (Wildman–Crippen MR) is 94.4 cm³/mol. The molecule has 0 amide bonds. The van der Waals surface area contributed by atoms with Gasteiger partial charge in [0, 0.05) is 25.5 Å². The fraction of sp³-hybridized carbons (Fsp3) is 0.824. The summed E-state index contributed by atoms with van der Waals surface area (Å²) in [6.07, 6.45) is 10.5. The van der Waals surface area contributed by atoms with Gasteiger partial charge in [-0.25, -0.2) is 0 Å². The topological polar surface area (TPSA) is 68.4 Å². The number of hydrogen-bond donors (Lipinski definition) is 3. The molecule has 1 unspecified atom stereocenters. The number of rotatable bonds is 10. The van der Waals surface area contributed by atoms with E-state index in [1.165, 1.54) is 25.7 Å². The Morgan fingerprint density at radius 3 is 2.00 bits per heavy atom. The number of hydrogen-bond acceptors (Lipinski definition) is 3. The van der Waals surface area contributed by atoms with Crippen molar-refractivity contribution in [3.8, 4) is 0 Å². The number of guanidine groups is 1. The third kappa shape index (κ3) is 5.78. The molecule has 1 aliphatic heterocycles. The smallest absolute Gasteiger partial charge is 0.186 e. The zero-order valence-electron chi connectivity index (χ0n) is 14.8. The summed E-state index contributed by atoms with van der Waals surface area (Å²) in [5.41, 5.74) is 5.64. The number of nitrogens with two attached hydrogens (primary N) is 1. The van der Waals surface area contributed by atoms with Gasteiger partial charge in [-0.2, -0.15) is 0 Å². The number of nitrogens with zero attached hydrogens (tertiary/aromatic N) is 2. The van der Waals surface area contributed by atoms with E-state index in [4.69, 9.17) is 11.1 Å². The van der Waals surface area contributed by atoms with Crippen molar-refractivity contribution in [1.82, 2.24) is 15.1 Å². The van der Waals surface area contributed by atoms with E-state index in [0.717, 1.165) is 19.5 Å². The Morgan fingerprint density at radius 1 is 1.14 bits per heavy atom. The zero-order chi connectivity index (χ0) is 16.5. The summed E-state index contributed by atoms with van der Waals surface area (Å²) in [5, 5.41) is 10.9. The molecule has 0 bridgehead atoms. The molecule has 128 valence electrons. The minimum Gasteiger partial charge on any atom is -0.370 e. The number of unbranched alkanes of at least 4 members (excludes halogenated alkanes) is 2. The van der Waals surface area contributed by atoms with Crippen molar-refractivity contribution in [1.29, 1.82) is 5.41 Å². The number of nitrogens with one attached hydrogen (secondary N) is 2. The second-order valence-corrected chi connectivity index (χ2v) is 6.69. The molecule has 0 spiro atoms. The molecule has 0 radical (unpaired) electrons. The molecule has 1 rings (SSSR count). The fourth-order valence-electron chi connectivity index (χ4n) is 3.06. The van der Waals surface area contributed by atoms with Gasteiger partial charge in [0.2, 0.25) is 0 Å². The molecule has 1 aliphatic rings. The summed E-state index contributed by atoms with van der Waals surface area (Å²) >= 11 is 0. The molecule has 5 nitrogen and oxygen atoms in total. The van der Waals surface area contributed by atoms with Crippen molar-refractivity contribution in [2.24, 2.45) is 11.7 Å². The van der Waals surface area contributed by atoms with Crippen LogP contribution in [0.5, 0.6) is 0 Å². The summed E-state index contributed by atoms with van der Waals surface area (Å²) in [5.74, 6) is 0.641. The summed E-state index contributed by atoms with van der Waals surface area (Å²) in [4.78, 5) is 4.84. The van der Waals surface area contributed by atoms with Crippen molar-refractivity contribution in [2.45, 2.75) is 72.0 Å². The lowest BCUT2D eigenvalue weighted by atomic mass is 10.00. The zero-order valence-corrected chi connectivity index (χ0v) is 14.8. The molecule has 0 aromatic heterocycles. The van der Waals surface area contributed by atoms with Crippen LogP contribution in [0.15, 0.2) is 12.4 Å². The van der Waals surface area contributed by atoms with Gasteiger partial charge in [0.05, 0.1) is 6.04 Å². The highest BCUT2D eigenvalue weighted by Crippen LogP contribution is 2.24. The summed E-state index contributed by atoms with van der Waals surface area (Å²) in [6.45, 7) is 11.0. The fourth-order valence-corrected chi connectivity index (χ4v) is 3.06. The van der Waals surface area contributed by atoms with E-state index in [9.17, 15) is 0 Å². The van der Waals surface area contributed by atoms with Gasteiger partial charge in [-0.1, -0.05) is 40.5 Å². The van der Waals surface area contributed by atoms with E-state index >= 15 is 0 Å². The van der Waals surface area contributed by atoms with Crippen LogP contribution in [0.25, 0.3) is 0 Å². The van der Waals surface area contributed by atoms with Gasteiger partial charge < -0.3 is 20.9 Å². The van der Waals surface area contributed by atoms with Crippen molar-refractivity contribution in [2.75, 3.05) is 13.1 Å². The van der Waals surface area contributed by atoms with E-state index in [1.54, 1.807) is 0 Å². The van der Waals surface area contributed by atoms with Crippen molar-refractivity contribution < 1.29 is 0 Å². The van der Waals surface area contributed by atoms with Crippen LogP contribution < -0.4 is 11.1 Å². The molecule has 0 aliphatic carbocycles. The van der Waals surface area contributed by atoms with E-state index in [-0.39, 0.29) is 18.2 Å². The van der Waals surface area contributed by atoms with Crippen LogP contribution in [0, 0.1) is 11.3 Å². The lowest BCUT2D eigenvalue weighted by Gasteiger charge is -2.39. The molecule has 4 N–H and O–H groups in total. The third-order valence-electron chi connectivity index (χ3n) is 4.10. The van der Waals surface area contributed by atoms with E-state index in [1.807, 2.05) is 0 Å². The lowest BCUT2D eigenvalue weighted by molar-refractivity contribution is 0.106. The lowest BCUT2D eigenvalue weighted by Crippen LogP contribution is -2.56. The molecule has 22 heavy (non-hydrogen) atoms. The molecule has 0 saturated heterocycles. The predicted octanol–water partition coefficient (Wildman–Crippen LogP) is 2.90. The Morgan fingerprint density at radius 2 is 1.64 bits per heavy atom.